The fourth-order valence-electron chi connectivity index (χ4n) is 2.44. The number of likely N-dealkylation sites (N-methyl/N-ethyl adjacent to an activating group) is 1. The summed E-state index contributed by atoms with van der Waals surface area (Å²) in [6, 6.07) is 12.5. The summed E-state index contributed by atoms with van der Waals surface area (Å²) >= 11 is 0.698. The van der Waals surface area contributed by atoms with Gasteiger partial charge in [0.05, 0.1) is 4.92 Å². The van der Waals surface area contributed by atoms with E-state index < -0.39 is 14.9 Å². The van der Waals surface area contributed by atoms with Crippen molar-refractivity contribution in [1.82, 2.24) is 9.21 Å². The quantitative estimate of drug-likeness (QED) is 0.455. The van der Waals surface area contributed by atoms with Gasteiger partial charge < -0.3 is 4.90 Å². The number of hydrogen-bond acceptors (Lipinski definition) is 6. The van der Waals surface area contributed by atoms with Crippen LogP contribution >= 0.6 is 11.3 Å². The molecule has 1 heterocycles. The number of benzene rings is 1. The molecule has 2 aromatic rings. The summed E-state index contributed by atoms with van der Waals surface area (Å²) in [5.41, 5.74) is 1.16. The van der Waals surface area contributed by atoms with E-state index in [1.807, 2.05) is 49.3 Å². The van der Waals surface area contributed by atoms with Gasteiger partial charge in [0.2, 0.25) is 0 Å². The van der Waals surface area contributed by atoms with Crippen molar-refractivity contribution in [2.45, 2.75) is 17.1 Å². The molecule has 0 aliphatic carbocycles. The molecule has 0 unspecified atom stereocenters. The van der Waals surface area contributed by atoms with Crippen molar-refractivity contribution in [3.05, 3.63) is 58.1 Å². The van der Waals surface area contributed by atoms with Crippen LogP contribution in [0.15, 0.2) is 46.7 Å². The van der Waals surface area contributed by atoms with Crippen LogP contribution in [0.1, 0.15) is 12.0 Å². The molecule has 0 aliphatic rings. The molecule has 0 fully saturated rings. The fourth-order valence-corrected chi connectivity index (χ4v) is 5.17. The predicted molar refractivity (Wildman–Crippen MR) is 103 cm³/mol. The van der Waals surface area contributed by atoms with E-state index in [1.54, 1.807) is 0 Å². The summed E-state index contributed by atoms with van der Waals surface area (Å²) < 4.78 is 27.3. The summed E-state index contributed by atoms with van der Waals surface area (Å²) in [4.78, 5) is 12.2. The smallest absolute Gasteiger partial charge is 0.308 e. The van der Waals surface area contributed by atoms with Crippen molar-refractivity contribution in [3.63, 3.8) is 0 Å². The van der Waals surface area contributed by atoms with E-state index in [0.29, 0.717) is 37.4 Å². The Morgan fingerprint density at radius 1 is 1.04 bits per heavy atom. The number of sulfonamides is 1. The molecule has 2 rings (SSSR count). The maximum Gasteiger partial charge on any atom is 0.325 e. The number of rotatable bonds is 10. The number of thiophene rings is 1. The minimum atomic E-state index is -3.74. The molecule has 0 N–H and O–H groups in total. The Kier molecular flexibility index (Phi) is 7.27. The van der Waals surface area contributed by atoms with Crippen LogP contribution in [-0.2, 0) is 16.4 Å². The Bertz CT molecular complexity index is 820. The molecular formula is C17H23N3O4S2. The normalized spacial score (nSPS) is 12.0. The number of nitro groups is 1. The lowest BCUT2D eigenvalue weighted by atomic mass is 10.1. The molecule has 1 aromatic carbocycles. The average molecular weight is 398 g/mol. The minimum absolute atomic E-state index is 0.0164. The van der Waals surface area contributed by atoms with Crippen LogP contribution in [-0.4, -0.2) is 56.3 Å². The summed E-state index contributed by atoms with van der Waals surface area (Å²) in [6.45, 7) is 1.30. The van der Waals surface area contributed by atoms with Crippen molar-refractivity contribution >= 4 is 26.4 Å². The van der Waals surface area contributed by atoms with Gasteiger partial charge in [-0.05, 0) is 49.9 Å². The Morgan fingerprint density at radius 3 is 2.31 bits per heavy atom. The third kappa shape index (κ3) is 5.60. The number of nitrogens with zero attached hydrogens (tertiary/aromatic N) is 3. The summed E-state index contributed by atoms with van der Waals surface area (Å²) in [5, 5.41) is 10.7. The Morgan fingerprint density at radius 2 is 1.73 bits per heavy atom. The maximum absolute atomic E-state index is 12.9. The standard InChI is InChI=1S/C17H23N3O4S2/c1-18(2)13-14-19(12-6-9-15-7-4-3-5-8-15)26(23,24)17-11-10-16(25-17)20(21)22/h3-5,7-8,10-11H,6,9,12-14H2,1-2H3. The lowest BCUT2D eigenvalue weighted by Crippen LogP contribution is -2.37. The molecule has 0 aliphatic heterocycles. The van der Waals surface area contributed by atoms with Gasteiger partial charge in [-0.25, -0.2) is 8.42 Å². The maximum atomic E-state index is 12.9. The first-order valence-electron chi connectivity index (χ1n) is 8.24. The monoisotopic (exact) mass is 397 g/mol. The van der Waals surface area contributed by atoms with Gasteiger partial charge in [-0.3, -0.25) is 10.1 Å². The molecule has 0 radical (unpaired) electrons. The van der Waals surface area contributed by atoms with Crippen molar-refractivity contribution in [1.29, 1.82) is 0 Å². The van der Waals surface area contributed by atoms with Crippen LogP contribution < -0.4 is 0 Å². The third-order valence-electron chi connectivity index (χ3n) is 3.85. The Balaban J connectivity index is 2.12. The average Bonchev–Trinajstić information content (AvgIpc) is 3.09. The SMILES string of the molecule is CN(C)CCN(CCCc1ccccc1)S(=O)(=O)c1ccc([N+](=O)[O-])s1. The predicted octanol–water partition coefficient (Wildman–Crippen LogP) is 2.84. The molecule has 0 saturated carbocycles. The van der Waals surface area contributed by atoms with Crippen molar-refractivity contribution < 1.29 is 13.3 Å². The zero-order valence-corrected chi connectivity index (χ0v) is 16.5. The van der Waals surface area contributed by atoms with E-state index in [4.69, 9.17) is 0 Å². The molecule has 0 saturated heterocycles. The second-order valence-corrected chi connectivity index (χ2v) is 9.37. The number of hydrogen-bond donors (Lipinski definition) is 0. The second kappa shape index (κ2) is 9.22. The highest BCUT2D eigenvalue weighted by Crippen LogP contribution is 2.30. The molecule has 26 heavy (non-hydrogen) atoms. The lowest BCUT2D eigenvalue weighted by molar-refractivity contribution is -0.380. The van der Waals surface area contributed by atoms with Crippen LogP contribution in [0.3, 0.4) is 0 Å². The summed E-state index contributed by atoms with van der Waals surface area (Å²) in [5.74, 6) is 0. The molecule has 0 spiro atoms. The first-order chi connectivity index (χ1) is 12.3. The van der Waals surface area contributed by atoms with Gasteiger partial charge in [-0.15, -0.1) is 0 Å². The summed E-state index contributed by atoms with van der Waals surface area (Å²) in [7, 11) is 0.0163. The van der Waals surface area contributed by atoms with Crippen LogP contribution in [0.25, 0.3) is 0 Å². The fraction of sp³-hybridized carbons (Fsp3) is 0.412. The van der Waals surface area contributed by atoms with E-state index in [2.05, 4.69) is 0 Å². The molecular weight excluding hydrogens is 374 g/mol. The molecule has 1 aromatic heterocycles. The van der Waals surface area contributed by atoms with Gasteiger partial charge in [0, 0.05) is 25.7 Å². The van der Waals surface area contributed by atoms with Gasteiger partial charge >= 0.3 is 5.00 Å². The highest BCUT2D eigenvalue weighted by atomic mass is 32.2. The topological polar surface area (TPSA) is 83.8 Å². The van der Waals surface area contributed by atoms with Gasteiger partial charge in [0.15, 0.2) is 0 Å². The second-order valence-electron chi connectivity index (χ2n) is 6.15. The molecule has 0 bridgehead atoms. The van der Waals surface area contributed by atoms with Gasteiger partial charge in [-0.1, -0.05) is 30.3 Å². The van der Waals surface area contributed by atoms with E-state index in [0.717, 1.165) is 12.0 Å². The van der Waals surface area contributed by atoms with Gasteiger partial charge in [-0.2, -0.15) is 4.31 Å². The van der Waals surface area contributed by atoms with Crippen LogP contribution in [0.2, 0.25) is 0 Å². The largest absolute Gasteiger partial charge is 0.325 e. The third-order valence-corrected chi connectivity index (χ3v) is 7.26. The van der Waals surface area contributed by atoms with Gasteiger partial charge in [0.1, 0.15) is 4.21 Å². The highest BCUT2D eigenvalue weighted by molar-refractivity contribution is 7.91. The molecule has 0 atom stereocenters. The van der Waals surface area contributed by atoms with Crippen molar-refractivity contribution in [2.75, 3.05) is 33.7 Å². The zero-order chi connectivity index (χ0) is 19.2. The van der Waals surface area contributed by atoms with E-state index in [1.165, 1.54) is 16.4 Å². The van der Waals surface area contributed by atoms with Gasteiger partial charge in [0.25, 0.3) is 10.0 Å². The van der Waals surface area contributed by atoms with E-state index in [9.17, 15) is 18.5 Å². The zero-order valence-electron chi connectivity index (χ0n) is 14.9. The molecule has 7 nitrogen and oxygen atoms in total. The van der Waals surface area contributed by atoms with Crippen molar-refractivity contribution in [2.24, 2.45) is 0 Å². The molecule has 0 amide bonds. The minimum Gasteiger partial charge on any atom is -0.308 e. The van der Waals surface area contributed by atoms with Crippen LogP contribution in [0.4, 0.5) is 5.00 Å². The highest BCUT2D eigenvalue weighted by Gasteiger charge is 2.27. The van der Waals surface area contributed by atoms with E-state index >= 15 is 0 Å². The van der Waals surface area contributed by atoms with E-state index in [-0.39, 0.29) is 9.21 Å². The number of aryl methyl sites for hydroxylation is 1. The first-order valence-corrected chi connectivity index (χ1v) is 10.5. The molecule has 142 valence electrons. The lowest BCUT2D eigenvalue weighted by Gasteiger charge is -2.23. The Hall–Kier alpha value is -1.81. The first kappa shape index (κ1) is 20.5. The molecule has 9 heteroatoms. The van der Waals surface area contributed by atoms with Crippen LogP contribution in [0.5, 0.6) is 0 Å². The van der Waals surface area contributed by atoms with Crippen molar-refractivity contribution in [3.8, 4) is 0 Å². The van der Waals surface area contributed by atoms with Crippen LogP contribution in [0, 0.1) is 10.1 Å². The Labute approximate surface area is 158 Å². The summed E-state index contributed by atoms with van der Waals surface area (Å²) in [6.07, 6.45) is 1.46.